The minimum Gasteiger partial charge on any atom is -0.508 e. The van der Waals surface area contributed by atoms with Gasteiger partial charge in [0.05, 0.1) is 29.0 Å². The predicted molar refractivity (Wildman–Crippen MR) is 129 cm³/mol. The lowest BCUT2D eigenvalue weighted by molar-refractivity contribution is 0.102. The van der Waals surface area contributed by atoms with Gasteiger partial charge in [0.2, 0.25) is 0 Å². The highest BCUT2D eigenvalue weighted by atomic mass is 16.3. The number of aromatic hydroxyl groups is 1. The van der Waals surface area contributed by atoms with E-state index in [9.17, 15) is 14.7 Å². The molecule has 0 radical (unpaired) electrons. The lowest BCUT2D eigenvalue weighted by Gasteiger charge is -2.34. The highest BCUT2D eigenvalue weighted by Crippen LogP contribution is 2.35. The molecule has 0 aliphatic carbocycles. The van der Waals surface area contributed by atoms with Crippen LogP contribution in [0.2, 0.25) is 0 Å². The minimum absolute atomic E-state index is 0.127. The summed E-state index contributed by atoms with van der Waals surface area (Å²) in [5, 5.41) is 13.0. The van der Waals surface area contributed by atoms with Crippen molar-refractivity contribution in [3.05, 3.63) is 94.0 Å². The number of carbonyl (C=O) groups excluding carboxylic acids is 1. The molecular weight excluding hydrogens is 416 g/mol. The SMILES string of the molecule is Cc1cc(C(=O)Nc2cccc3ncn(C4CCN(C)c5ccccc54)c(=O)c23)ccc1O. The fourth-order valence-electron chi connectivity index (χ4n) is 4.49. The number of fused-ring (bicyclic) bond motifs is 2. The number of nitrogens with zero attached hydrogens (tertiary/aromatic N) is 3. The number of anilines is 2. The maximum absolute atomic E-state index is 13.7. The zero-order valence-corrected chi connectivity index (χ0v) is 18.4. The molecular formula is C26H24N4O3. The van der Waals surface area contributed by atoms with Crippen LogP contribution in [0.3, 0.4) is 0 Å². The summed E-state index contributed by atoms with van der Waals surface area (Å²) < 4.78 is 1.68. The third-order valence-electron chi connectivity index (χ3n) is 6.30. The molecule has 2 N–H and O–H groups in total. The predicted octanol–water partition coefficient (Wildman–Crippen LogP) is 4.09. The fraction of sp³-hybridized carbons (Fsp3) is 0.192. The van der Waals surface area contributed by atoms with Gasteiger partial charge in [-0.15, -0.1) is 0 Å². The van der Waals surface area contributed by atoms with Crippen molar-refractivity contribution in [3.8, 4) is 5.75 Å². The van der Waals surface area contributed by atoms with E-state index in [1.54, 1.807) is 48.1 Å². The van der Waals surface area contributed by atoms with Crippen LogP contribution in [0.4, 0.5) is 11.4 Å². The second-order valence-electron chi connectivity index (χ2n) is 8.40. The number of benzene rings is 3. The van der Waals surface area contributed by atoms with Crippen molar-refractivity contribution in [2.75, 3.05) is 23.8 Å². The minimum atomic E-state index is -0.356. The van der Waals surface area contributed by atoms with E-state index in [1.165, 1.54) is 6.07 Å². The summed E-state index contributed by atoms with van der Waals surface area (Å²) in [5.41, 5.74) is 3.93. The largest absolute Gasteiger partial charge is 0.508 e. The van der Waals surface area contributed by atoms with Crippen molar-refractivity contribution in [2.45, 2.75) is 19.4 Å². The molecule has 0 saturated carbocycles. The van der Waals surface area contributed by atoms with Gasteiger partial charge < -0.3 is 15.3 Å². The zero-order valence-electron chi connectivity index (χ0n) is 18.4. The number of para-hydroxylation sites is 1. The van der Waals surface area contributed by atoms with Crippen LogP contribution in [0.25, 0.3) is 10.9 Å². The van der Waals surface area contributed by atoms with Gasteiger partial charge in [-0.2, -0.15) is 0 Å². The molecule has 0 fully saturated rings. The number of hydrogen-bond acceptors (Lipinski definition) is 5. The molecule has 1 amide bonds. The maximum Gasteiger partial charge on any atom is 0.263 e. The van der Waals surface area contributed by atoms with Crippen LogP contribution in [0.1, 0.15) is 33.9 Å². The number of aryl methyl sites for hydroxylation is 1. The molecule has 3 aromatic carbocycles. The topological polar surface area (TPSA) is 87.5 Å². The summed E-state index contributed by atoms with van der Waals surface area (Å²) in [5.74, 6) is -0.229. The summed E-state index contributed by atoms with van der Waals surface area (Å²) in [6.45, 7) is 2.55. The zero-order chi connectivity index (χ0) is 23.1. The van der Waals surface area contributed by atoms with Gasteiger partial charge in [0, 0.05) is 24.8 Å². The van der Waals surface area contributed by atoms with Crippen LogP contribution in [-0.4, -0.2) is 34.2 Å². The molecule has 4 aromatic rings. The van der Waals surface area contributed by atoms with Crippen molar-refractivity contribution in [1.82, 2.24) is 9.55 Å². The molecule has 1 aliphatic rings. The highest BCUT2D eigenvalue weighted by molar-refractivity contribution is 6.08. The van der Waals surface area contributed by atoms with E-state index in [1.807, 2.05) is 18.2 Å². The Morgan fingerprint density at radius 3 is 2.76 bits per heavy atom. The Kier molecular flexibility index (Phi) is 5.09. The summed E-state index contributed by atoms with van der Waals surface area (Å²) in [6, 6.07) is 17.9. The van der Waals surface area contributed by atoms with Crippen molar-refractivity contribution in [2.24, 2.45) is 0 Å². The summed E-state index contributed by atoms with van der Waals surface area (Å²) in [6.07, 6.45) is 2.38. The van der Waals surface area contributed by atoms with Crippen LogP contribution in [-0.2, 0) is 0 Å². The Bertz CT molecular complexity index is 1440. The maximum atomic E-state index is 13.7. The van der Waals surface area contributed by atoms with E-state index >= 15 is 0 Å². The number of aromatic nitrogens is 2. The Hall–Kier alpha value is -4.13. The molecule has 2 heterocycles. The van der Waals surface area contributed by atoms with Gasteiger partial charge in [-0.25, -0.2) is 4.98 Å². The van der Waals surface area contributed by atoms with Crippen molar-refractivity contribution in [3.63, 3.8) is 0 Å². The van der Waals surface area contributed by atoms with Crippen LogP contribution in [0.5, 0.6) is 5.75 Å². The Morgan fingerprint density at radius 1 is 1.12 bits per heavy atom. The molecule has 0 bridgehead atoms. The van der Waals surface area contributed by atoms with E-state index in [-0.39, 0.29) is 23.3 Å². The van der Waals surface area contributed by atoms with E-state index in [0.29, 0.717) is 27.7 Å². The third kappa shape index (κ3) is 3.61. The van der Waals surface area contributed by atoms with Gasteiger partial charge in [-0.1, -0.05) is 24.3 Å². The summed E-state index contributed by atoms with van der Waals surface area (Å²) in [4.78, 5) is 33.3. The molecule has 0 saturated heterocycles. The Labute approximate surface area is 190 Å². The summed E-state index contributed by atoms with van der Waals surface area (Å²) >= 11 is 0. The van der Waals surface area contributed by atoms with Crippen LogP contribution in [0, 0.1) is 6.92 Å². The lowest BCUT2D eigenvalue weighted by Crippen LogP contribution is -2.34. The molecule has 33 heavy (non-hydrogen) atoms. The quantitative estimate of drug-likeness (QED) is 0.501. The molecule has 1 aromatic heterocycles. The van der Waals surface area contributed by atoms with Gasteiger partial charge in [0.15, 0.2) is 0 Å². The number of phenols is 1. The Morgan fingerprint density at radius 2 is 1.94 bits per heavy atom. The van der Waals surface area contributed by atoms with E-state index in [0.717, 1.165) is 24.2 Å². The first-order chi connectivity index (χ1) is 15.9. The first-order valence-corrected chi connectivity index (χ1v) is 10.8. The van der Waals surface area contributed by atoms with Gasteiger partial charge in [-0.3, -0.25) is 14.2 Å². The Balaban J connectivity index is 1.58. The molecule has 1 unspecified atom stereocenters. The number of phenolic OH excluding ortho intramolecular Hbond substituents is 1. The number of hydrogen-bond donors (Lipinski definition) is 2. The first-order valence-electron chi connectivity index (χ1n) is 10.8. The fourth-order valence-corrected chi connectivity index (χ4v) is 4.49. The summed E-state index contributed by atoms with van der Waals surface area (Å²) in [7, 11) is 2.05. The van der Waals surface area contributed by atoms with Crippen molar-refractivity contribution >= 4 is 28.2 Å². The standard InChI is InChI=1S/C26H24N4O3/c1-16-14-17(10-11-23(16)31)25(32)28-20-8-5-7-19-24(20)26(33)30(15-27-19)22-12-13-29(2)21-9-4-3-6-18(21)22/h3-11,14-15,22,31H,12-13H2,1-2H3,(H,28,32). The second-order valence-corrected chi connectivity index (χ2v) is 8.40. The van der Waals surface area contributed by atoms with Gasteiger partial charge in [0.1, 0.15) is 5.75 Å². The molecule has 5 rings (SSSR count). The normalized spacial score (nSPS) is 15.3. The van der Waals surface area contributed by atoms with E-state index in [2.05, 4.69) is 28.3 Å². The molecule has 1 atom stereocenters. The monoisotopic (exact) mass is 440 g/mol. The van der Waals surface area contributed by atoms with E-state index < -0.39 is 0 Å². The second kappa shape index (κ2) is 8.09. The number of rotatable bonds is 3. The van der Waals surface area contributed by atoms with Gasteiger partial charge >= 0.3 is 0 Å². The smallest absolute Gasteiger partial charge is 0.263 e. The van der Waals surface area contributed by atoms with E-state index in [4.69, 9.17) is 0 Å². The first kappa shape index (κ1) is 20.8. The number of amides is 1. The van der Waals surface area contributed by atoms with Gasteiger partial charge in [0.25, 0.3) is 11.5 Å². The van der Waals surface area contributed by atoms with Crippen LogP contribution >= 0.6 is 0 Å². The van der Waals surface area contributed by atoms with Crippen molar-refractivity contribution in [1.29, 1.82) is 0 Å². The van der Waals surface area contributed by atoms with Crippen LogP contribution < -0.4 is 15.8 Å². The molecule has 7 nitrogen and oxygen atoms in total. The number of nitrogens with one attached hydrogen (secondary N) is 1. The highest BCUT2D eigenvalue weighted by Gasteiger charge is 2.26. The molecule has 1 aliphatic heterocycles. The molecule has 166 valence electrons. The molecule has 0 spiro atoms. The van der Waals surface area contributed by atoms with Crippen molar-refractivity contribution < 1.29 is 9.90 Å². The van der Waals surface area contributed by atoms with Crippen LogP contribution in [0.15, 0.2) is 71.8 Å². The average molecular weight is 441 g/mol. The lowest BCUT2D eigenvalue weighted by atomic mass is 9.96. The van der Waals surface area contributed by atoms with Gasteiger partial charge in [-0.05, 0) is 60.9 Å². The molecule has 7 heteroatoms. The average Bonchev–Trinajstić information content (AvgIpc) is 2.82. The third-order valence-corrected chi connectivity index (χ3v) is 6.30. The number of carbonyl (C=O) groups is 1.